The van der Waals surface area contributed by atoms with Gasteiger partial charge in [0.1, 0.15) is 5.75 Å². The number of hydrogen-bond acceptors (Lipinski definition) is 2. The molecule has 4 nitrogen and oxygen atoms in total. The van der Waals surface area contributed by atoms with Gasteiger partial charge in [0, 0.05) is 31.2 Å². The molecule has 0 bridgehead atoms. The molecule has 0 atom stereocenters. The molecule has 0 fully saturated rings. The number of carbonyl (C=O) groups is 1. The molecule has 0 aliphatic rings. The molecule has 0 unspecified atom stereocenters. The average Bonchev–Trinajstić information content (AvgIpc) is 2.85. The number of nitrogens with one attached hydrogen (secondary N) is 1. The molecule has 4 heteroatoms. The molecule has 2 aromatic rings. The predicted molar refractivity (Wildman–Crippen MR) is 80.7 cm³/mol. The van der Waals surface area contributed by atoms with Crippen molar-refractivity contribution in [2.75, 3.05) is 11.9 Å². The maximum absolute atomic E-state index is 11.8. The molecule has 20 heavy (non-hydrogen) atoms. The summed E-state index contributed by atoms with van der Waals surface area (Å²) in [6.07, 6.45) is 7.18. The zero-order valence-electron chi connectivity index (χ0n) is 11.7. The van der Waals surface area contributed by atoms with Gasteiger partial charge in [-0.2, -0.15) is 0 Å². The zero-order chi connectivity index (χ0) is 14.4. The van der Waals surface area contributed by atoms with Crippen molar-refractivity contribution >= 4 is 17.7 Å². The van der Waals surface area contributed by atoms with Crippen LogP contribution in [0.25, 0.3) is 6.08 Å². The van der Waals surface area contributed by atoms with Crippen LogP contribution in [0.15, 0.2) is 48.8 Å². The van der Waals surface area contributed by atoms with Crippen LogP contribution in [-0.4, -0.2) is 17.1 Å². The molecule has 0 aliphatic heterocycles. The highest BCUT2D eigenvalue weighted by Gasteiger charge is 1.99. The number of aryl methyl sites for hydroxylation is 1. The standard InChI is InChI=1S/C16H18N2O2/c1-3-20-15-7-5-14(6-8-15)17-16(19)9-4-13-10-11-18(2)12-13/h4-12H,3H2,1-2H3,(H,17,19). The number of nitrogens with zero attached hydrogens (tertiary/aromatic N) is 1. The third kappa shape index (κ3) is 4.02. The van der Waals surface area contributed by atoms with Gasteiger partial charge in [0.15, 0.2) is 0 Å². The van der Waals surface area contributed by atoms with Crippen molar-refractivity contribution in [2.24, 2.45) is 7.05 Å². The first kappa shape index (κ1) is 13.9. The number of rotatable bonds is 5. The third-order valence-corrected chi connectivity index (χ3v) is 2.71. The van der Waals surface area contributed by atoms with Gasteiger partial charge in [-0.15, -0.1) is 0 Å². The average molecular weight is 270 g/mol. The Bertz CT molecular complexity index is 597. The van der Waals surface area contributed by atoms with Crippen molar-refractivity contribution in [3.8, 4) is 5.75 Å². The normalized spacial score (nSPS) is 10.7. The lowest BCUT2D eigenvalue weighted by Gasteiger charge is -2.05. The summed E-state index contributed by atoms with van der Waals surface area (Å²) >= 11 is 0. The lowest BCUT2D eigenvalue weighted by Crippen LogP contribution is -2.07. The van der Waals surface area contributed by atoms with E-state index in [1.807, 2.05) is 61.3 Å². The molecule has 0 spiro atoms. The van der Waals surface area contributed by atoms with Crippen LogP contribution in [0.1, 0.15) is 12.5 Å². The van der Waals surface area contributed by atoms with Gasteiger partial charge in [-0.1, -0.05) is 0 Å². The topological polar surface area (TPSA) is 43.3 Å². The van der Waals surface area contributed by atoms with E-state index in [-0.39, 0.29) is 5.91 Å². The maximum atomic E-state index is 11.8. The molecule has 104 valence electrons. The number of aromatic nitrogens is 1. The Hall–Kier alpha value is -2.49. The van der Waals surface area contributed by atoms with E-state index in [2.05, 4.69) is 5.32 Å². The van der Waals surface area contributed by atoms with Crippen molar-refractivity contribution in [2.45, 2.75) is 6.92 Å². The Kier molecular flexibility index (Phi) is 4.60. The van der Waals surface area contributed by atoms with Gasteiger partial charge in [0.05, 0.1) is 6.61 Å². The first-order valence-electron chi connectivity index (χ1n) is 6.51. The van der Waals surface area contributed by atoms with Gasteiger partial charge in [-0.05, 0) is 48.9 Å². The van der Waals surface area contributed by atoms with E-state index in [0.717, 1.165) is 17.0 Å². The fraction of sp³-hybridized carbons (Fsp3) is 0.188. The number of hydrogen-bond donors (Lipinski definition) is 1. The molecular formula is C16H18N2O2. The van der Waals surface area contributed by atoms with Crippen LogP contribution in [0.2, 0.25) is 0 Å². The summed E-state index contributed by atoms with van der Waals surface area (Å²) in [5.41, 5.74) is 1.74. The molecule has 1 heterocycles. The molecule has 1 amide bonds. The smallest absolute Gasteiger partial charge is 0.248 e. The molecule has 1 N–H and O–H groups in total. The highest BCUT2D eigenvalue weighted by atomic mass is 16.5. The Morgan fingerprint density at radius 2 is 2.05 bits per heavy atom. The summed E-state index contributed by atoms with van der Waals surface area (Å²) in [6.45, 7) is 2.57. The van der Waals surface area contributed by atoms with E-state index in [9.17, 15) is 4.79 Å². The largest absolute Gasteiger partial charge is 0.494 e. The van der Waals surface area contributed by atoms with Crippen LogP contribution in [0.4, 0.5) is 5.69 Å². The van der Waals surface area contributed by atoms with Gasteiger partial charge in [-0.25, -0.2) is 0 Å². The van der Waals surface area contributed by atoms with Crippen LogP contribution in [0.5, 0.6) is 5.75 Å². The highest BCUT2D eigenvalue weighted by molar-refractivity contribution is 6.01. The maximum Gasteiger partial charge on any atom is 0.248 e. The SMILES string of the molecule is CCOc1ccc(NC(=O)C=Cc2ccn(C)c2)cc1. The van der Waals surface area contributed by atoms with E-state index in [0.29, 0.717) is 6.61 Å². The fourth-order valence-electron chi connectivity index (χ4n) is 1.78. The van der Waals surface area contributed by atoms with E-state index < -0.39 is 0 Å². The van der Waals surface area contributed by atoms with Crippen molar-refractivity contribution in [1.82, 2.24) is 4.57 Å². The minimum Gasteiger partial charge on any atom is -0.494 e. The minimum atomic E-state index is -0.155. The molecular weight excluding hydrogens is 252 g/mol. The quantitative estimate of drug-likeness (QED) is 0.848. The molecule has 0 aliphatic carbocycles. The number of carbonyl (C=O) groups excluding carboxylic acids is 1. The molecule has 0 saturated heterocycles. The number of anilines is 1. The van der Waals surface area contributed by atoms with Crippen molar-refractivity contribution in [3.05, 3.63) is 54.4 Å². The van der Waals surface area contributed by atoms with Gasteiger partial charge in [-0.3, -0.25) is 4.79 Å². The van der Waals surface area contributed by atoms with Crippen LogP contribution >= 0.6 is 0 Å². The molecule has 0 saturated carbocycles. The third-order valence-electron chi connectivity index (χ3n) is 2.71. The van der Waals surface area contributed by atoms with Gasteiger partial charge >= 0.3 is 0 Å². The first-order valence-corrected chi connectivity index (χ1v) is 6.51. The lowest BCUT2D eigenvalue weighted by atomic mass is 10.3. The van der Waals surface area contributed by atoms with Crippen LogP contribution < -0.4 is 10.1 Å². The summed E-state index contributed by atoms with van der Waals surface area (Å²) in [5.74, 6) is 0.642. The summed E-state index contributed by atoms with van der Waals surface area (Å²) in [5, 5.41) is 2.80. The predicted octanol–water partition coefficient (Wildman–Crippen LogP) is 3.08. The second-order valence-corrected chi connectivity index (χ2v) is 4.39. The highest BCUT2D eigenvalue weighted by Crippen LogP contribution is 2.15. The number of benzene rings is 1. The van der Waals surface area contributed by atoms with Crippen molar-refractivity contribution in [1.29, 1.82) is 0 Å². The minimum absolute atomic E-state index is 0.155. The number of amides is 1. The van der Waals surface area contributed by atoms with E-state index in [1.165, 1.54) is 6.08 Å². The molecule has 0 radical (unpaired) electrons. The van der Waals surface area contributed by atoms with E-state index in [1.54, 1.807) is 6.08 Å². The van der Waals surface area contributed by atoms with Gasteiger partial charge in [0.2, 0.25) is 5.91 Å². The summed E-state index contributed by atoms with van der Waals surface area (Å²) < 4.78 is 7.28. The van der Waals surface area contributed by atoms with Crippen LogP contribution in [0, 0.1) is 0 Å². The number of ether oxygens (including phenoxy) is 1. The summed E-state index contributed by atoms with van der Waals surface area (Å²) in [7, 11) is 1.94. The van der Waals surface area contributed by atoms with Gasteiger partial charge in [0.25, 0.3) is 0 Å². The summed E-state index contributed by atoms with van der Waals surface area (Å²) in [4.78, 5) is 11.8. The first-order chi connectivity index (χ1) is 9.67. The Morgan fingerprint density at radius 3 is 2.65 bits per heavy atom. The van der Waals surface area contributed by atoms with E-state index >= 15 is 0 Å². The second-order valence-electron chi connectivity index (χ2n) is 4.39. The Morgan fingerprint density at radius 1 is 1.30 bits per heavy atom. The molecule has 1 aromatic heterocycles. The van der Waals surface area contributed by atoms with Crippen molar-refractivity contribution < 1.29 is 9.53 Å². The Balaban J connectivity index is 1.92. The second kappa shape index (κ2) is 6.61. The lowest BCUT2D eigenvalue weighted by molar-refractivity contribution is -0.111. The van der Waals surface area contributed by atoms with Crippen LogP contribution in [-0.2, 0) is 11.8 Å². The molecule has 1 aromatic carbocycles. The Labute approximate surface area is 118 Å². The summed E-state index contributed by atoms with van der Waals surface area (Å²) in [6, 6.07) is 9.25. The fourth-order valence-corrected chi connectivity index (χ4v) is 1.78. The zero-order valence-corrected chi connectivity index (χ0v) is 11.7. The van der Waals surface area contributed by atoms with E-state index in [4.69, 9.17) is 4.74 Å². The molecule has 2 rings (SSSR count). The van der Waals surface area contributed by atoms with Gasteiger partial charge < -0.3 is 14.6 Å². The van der Waals surface area contributed by atoms with Crippen LogP contribution in [0.3, 0.4) is 0 Å². The van der Waals surface area contributed by atoms with Crippen molar-refractivity contribution in [3.63, 3.8) is 0 Å². The monoisotopic (exact) mass is 270 g/mol.